The summed E-state index contributed by atoms with van der Waals surface area (Å²) in [4.78, 5) is 10.4. The van der Waals surface area contributed by atoms with Crippen LogP contribution in [0.15, 0.2) is 11.8 Å². The molecule has 0 radical (unpaired) electrons. The van der Waals surface area contributed by atoms with Crippen molar-refractivity contribution < 1.29 is 9.53 Å². The lowest BCUT2D eigenvalue weighted by atomic mass is 10.2. The van der Waals surface area contributed by atoms with Gasteiger partial charge in [-0.2, -0.15) is 0 Å². The number of carbonyl (C=O) groups is 1. The van der Waals surface area contributed by atoms with E-state index in [4.69, 9.17) is 4.74 Å². The smallest absolute Gasteiger partial charge is 0.307 e. The van der Waals surface area contributed by atoms with Crippen LogP contribution >= 0.6 is 0 Å². The van der Waals surface area contributed by atoms with E-state index in [1.54, 1.807) is 0 Å². The fourth-order valence-corrected chi connectivity index (χ4v) is 1.12. The van der Waals surface area contributed by atoms with Crippen LogP contribution in [0.3, 0.4) is 0 Å². The molecule has 1 aliphatic rings. The van der Waals surface area contributed by atoms with Gasteiger partial charge in [0.2, 0.25) is 0 Å². The third-order valence-electron chi connectivity index (χ3n) is 1.59. The Labute approximate surface area is 60.9 Å². The summed E-state index contributed by atoms with van der Waals surface area (Å²) in [5, 5.41) is 0. The van der Waals surface area contributed by atoms with Crippen molar-refractivity contribution in [3.8, 4) is 0 Å². The molecule has 0 saturated heterocycles. The predicted octanol–water partition coefficient (Wildman–Crippen LogP) is 1.86. The Bertz CT molecular complexity index is 170. The van der Waals surface area contributed by atoms with E-state index in [1.807, 2.05) is 6.08 Å². The van der Waals surface area contributed by atoms with Gasteiger partial charge in [0.1, 0.15) is 5.76 Å². The molecule has 2 nitrogen and oxygen atoms in total. The molecule has 1 unspecified atom stereocenters. The first-order chi connectivity index (χ1) is 4.68. The third-order valence-corrected chi connectivity index (χ3v) is 1.59. The number of ether oxygens (including phenoxy) is 1. The fourth-order valence-electron chi connectivity index (χ4n) is 1.12. The fraction of sp³-hybridized carbons (Fsp3) is 0.625. The molecule has 0 aromatic carbocycles. The molecular formula is C8H12O2. The van der Waals surface area contributed by atoms with Crippen molar-refractivity contribution in [1.82, 2.24) is 0 Å². The first-order valence-corrected chi connectivity index (χ1v) is 3.57. The second kappa shape index (κ2) is 2.86. The van der Waals surface area contributed by atoms with Gasteiger partial charge in [-0.05, 0) is 18.4 Å². The van der Waals surface area contributed by atoms with Crippen LogP contribution in [0.2, 0.25) is 0 Å². The van der Waals surface area contributed by atoms with Crippen LogP contribution in [0.5, 0.6) is 0 Å². The summed E-state index contributed by atoms with van der Waals surface area (Å²) in [6.07, 6.45) is 4.05. The van der Waals surface area contributed by atoms with E-state index in [0.717, 1.165) is 18.6 Å². The number of hydrogen-bond acceptors (Lipinski definition) is 2. The Kier molecular flexibility index (Phi) is 2.10. The highest BCUT2D eigenvalue weighted by Crippen LogP contribution is 2.23. The third kappa shape index (κ3) is 1.87. The standard InChI is InChI=1S/C8H12O2/c1-6-3-4-8(5-6)10-7(2)9/h5-6H,3-4H2,1-2H3. The topological polar surface area (TPSA) is 26.3 Å². The minimum absolute atomic E-state index is 0.208. The highest BCUT2D eigenvalue weighted by molar-refractivity contribution is 5.67. The van der Waals surface area contributed by atoms with Crippen LogP contribution in [0.25, 0.3) is 0 Å². The highest BCUT2D eigenvalue weighted by atomic mass is 16.5. The molecule has 0 bridgehead atoms. The molecule has 0 amide bonds. The Morgan fingerprint density at radius 1 is 1.80 bits per heavy atom. The van der Waals surface area contributed by atoms with Gasteiger partial charge in [-0.25, -0.2) is 0 Å². The minimum atomic E-state index is -0.208. The molecule has 0 saturated carbocycles. The van der Waals surface area contributed by atoms with Crippen molar-refractivity contribution in [2.45, 2.75) is 26.7 Å². The molecule has 0 spiro atoms. The summed E-state index contributed by atoms with van der Waals surface area (Å²) >= 11 is 0. The van der Waals surface area contributed by atoms with Crippen molar-refractivity contribution in [3.05, 3.63) is 11.8 Å². The predicted molar refractivity (Wildman–Crippen MR) is 38.2 cm³/mol. The second-order valence-electron chi connectivity index (χ2n) is 2.74. The number of esters is 1. The number of rotatable bonds is 1. The Balaban J connectivity index is 2.43. The minimum Gasteiger partial charge on any atom is -0.432 e. The van der Waals surface area contributed by atoms with Gasteiger partial charge in [-0.15, -0.1) is 0 Å². The first kappa shape index (κ1) is 7.32. The maximum Gasteiger partial charge on any atom is 0.307 e. The largest absolute Gasteiger partial charge is 0.432 e. The zero-order chi connectivity index (χ0) is 7.56. The Morgan fingerprint density at radius 3 is 2.90 bits per heavy atom. The van der Waals surface area contributed by atoms with Gasteiger partial charge in [0.15, 0.2) is 0 Å². The first-order valence-electron chi connectivity index (χ1n) is 3.57. The van der Waals surface area contributed by atoms with Crippen molar-refractivity contribution in [1.29, 1.82) is 0 Å². The zero-order valence-electron chi connectivity index (χ0n) is 6.39. The maximum atomic E-state index is 10.4. The molecule has 0 aromatic rings. The van der Waals surface area contributed by atoms with Crippen LogP contribution in [0.4, 0.5) is 0 Å². The lowest BCUT2D eigenvalue weighted by Crippen LogP contribution is -1.95. The zero-order valence-corrected chi connectivity index (χ0v) is 6.39. The van der Waals surface area contributed by atoms with Crippen LogP contribution in [0, 0.1) is 5.92 Å². The van der Waals surface area contributed by atoms with Gasteiger partial charge in [0.25, 0.3) is 0 Å². The summed E-state index contributed by atoms with van der Waals surface area (Å²) in [7, 11) is 0. The van der Waals surface area contributed by atoms with Crippen molar-refractivity contribution in [2.75, 3.05) is 0 Å². The van der Waals surface area contributed by atoms with E-state index in [0.29, 0.717) is 5.92 Å². The molecule has 1 aliphatic carbocycles. The van der Waals surface area contributed by atoms with Crippen LogP contribution in [0.1, 0.15) is 26.7 Å². The van der Waals surface area contributed by atoms with Crippen molar-refractivity contribution in [3.63, 3.8) is 0 Å². The Morgan fingerprint density at radius 2 is 2.50 bits per heavy atom. The van der Waals surface area contributed by atoms with Crippen LogP contribution in [-0.2, 0) is 9.53 Å². The van der Waals surface area contributed by atoms with E-state index in [-0.39, 0.29) is 5.97 Å². The molecule has 2 heteroatoms. The van der Waals surface area contributed by atoms with Gasteiger partial charge in [0.05, 0.1) is 0 Å². The lowest BCUT2D eigenvalue weighted by Gasteiger charge is -1.98. The average molecular weight is 140 g/mol. The van der Waals surface area contributed by atoms with E-state index in [1.165, 1.54) is 6.92 Å². The van der Waals surface area contributed by atoms with Gasteiger partial charge in [-0.3, -0.25) is 4.79 Å². The number of allylic oxidation sites excluding steroid dienone is 2. The van der Waals surface area contributed by atoms with Gasteiger partial charge in [-0.1, -0.05) is 6.92 Å². The van der Waals surface area contributed by atoms with E-state index in [2.05, 4.69) is 6.92 Å². The molecule has 0 aliphatic heterocycles. The molecule has 10 heavy (non-hydrogen) atoms. The van der Waals surface area contributed by atoms with E-state index in [9.17, 15) is 4.79 Å². The van der Waals surface area contributed by atoms with Gasteiger partial charge >= 0.3 is 5.97 Å². The monoisotopic (exact) mass is 140 g/mol. The second-order valence-corrected chi connectivity index (χ2v) is 2.74. The van der Waals surface area contributed by atoms with Crippen molar-refractivity contribution in [2.24, 2.45) is 5.92 Å². The molecule has 1 rings (SSSR count). The molecule has 0 heterocycles. The average Bonchev–Trinajstić information content (AvgIpc) is 2.13. The summed E-state index contributed by atoms with van der Waals surface area (Å²) in [5.74, 6) is 1.22. The molecule has 1 atom stereocenters. The molecule has 0 N–H and O–H groups in total. The van der Waals surface area contributed by atoms with Gasteiger partial charge < -0.3 is 4.74 Å². The summed E-state index contributed by atoms with van der Waals surface area (Å²) < 4.78 is 4.90. The number of hydrogen-bond donors (Lipinski definition) is 0. The lowest BCUT2D eigenvalue weighted by molar-refractivity contribution is -0.136. The quantitative estimate of drug-likeness (QED) is 0.520. The highest BCUT2D eigenvalue weighted by Gasteiger charge is 2.13. The van der Waals surface area contributed by atoms with E-state index < -0.39 is 0 Å². The summed E-state index contributed by atoms with van der Waals surface area (Å²) in [6, 6.07) is 0. The van der Waals surface area contributed by atoms with Gasteiger partial charge in [0, 0.05) is 13.3 Å². The molecule has 0 aromatic heterocycles. The van der Waals surface area contributed by atoms with Crippen LogP contribution < -0.4 is 0 Å². The summed E-state index contributed by atoms with van der Waals surface area (Å²) in [6.45, 7) is 3.56. The van der Waals surface area contributed by atoms with Crippen molar-refractivity contribution >= 4 is 5.97 Å². The SMILES string of the molecule is CC(=O)OC1=CC(C)CC1. The maximum absolute atomic E-state index is 10.4. The molecule has 56 valence electrons. The van der Waals surface area contributed by atoms with E-state index >= 15 is 0 Å². The number of carbonyl (C=O) groups excluding carboxylic acids is 1. The molecule has 0 fully saturated rings. The Hall–Kier alpha value is -0.790. The summed E-state index contributed by atoms with van der Waals surface area (Å²) in [5.41, 5.74) is 0. The molecular weight excluding hydrogens is 128 g/mol. The van der Waals surface area contributed by atoms with Crippen LogP contribution in [-0.4, -0.2) is 5.97 Å². The normalized spacial score (nSPS) is 24.2.